The van der Waals surface area contributed by atoms with Crippen LogP contribution >= 0.6 is 15.9 Å². The summed E-state index contributed by atoms with van der Waals surface area (Å²) in [6.45, 7) is 2.80. The zero-order valence-electron chi connectivity index (χ0n) is 14.8. The molecule has 0 radical (unpaired) electrons. The highest BCUT2D eigenvalue weighted by molar-refractivity contribution is 9.10. The molecule has 2 heterocycles. The van der Waals surface area contributed by atoms with Gasteiger partial charge in [0.25, 0.3) is 0 Å². The summed E-state index contributed by atoms with van der Waals surface area (Å²) in [6, 6.07) is 7.39. The van der Waals surface area contributed by atoms with Crippen LogP contribution in [0.5, 0.6) is 0 Å². The van der Waals surface area contributed by atoms with Crippen LogP contribution in [0.15, 0.2) is 41.3 Å². The number of imidazole rings is 1. The van der Waals surface area contributed by atoms with Crippen molar-refractivity contribution in [2.24, 2.45) is 18.9 Å². The molecule has 0 aliphatic carbocycles. The van der Waals surface area contributed by atoms with Crippen LogP contribution in [0, 0.1) is 11.8 Å². The standard InChI is InChI=1S/C19H22BrN2O3.BrH/c1-3-17-14(11-25-19(17)24)8-16-9-22(12-21(16)2)10-18(23)13-4-6-15(20)7-5-13;/h4-7,9,12,14,17H,3,8,10-11H2,1-2H3;1H/q+1;/p-1. The summed E-state index contributed by atoms with van der Waals surface area (Å²) >= 11 is 3.38. The molecule has 3 rings (SSSR count). The van der Waals surface area contributed by atoms with E-state index < -0.39 is 0 Å². The number of carbonyl (C=O) groups excluding carboxylic acids is 2. The highest BCUT2D eigenvalue weighted by Crippen LogP contribution is 2.27. The van der Waals surface area contributed by atoms with Crippen LogP contribution in [0.25, 0.3) is 0 Å². The zero-order valence-corrected chi connectivity index (χ0v) is 18.0. The predicted octanol–water partition coefficient (Wildman–Crippen LogP) is -0.296. The maximum atomic E-state index is 12.4. The molecule has 0 saturated carbocycles. The minimum absolute atomic E-state index is 0. The van der Waals surface area contributed by atoms with E-state index in [0.29, 0.717) is 18.7 Å². The van der Waals surface area contributed by atoms with Crippen LogP contribution in [-0.2, 0) is 29.5 Å². The first-order valence-electron chi connectivity index (χ1n) is 8.47. The molecule has 7 heteroatoms. The number of hydrogen-bond donors (Lipinski definition) is 0. The van der Waals surface area contributed by atoms with E-state index in [2.05, 4.69) is 15.9 Å². The second kappa shape index (κ2) is 8.95. The number of aryl methyl sites for hydroxylation is 1. The minimum Gasteiger partial charge on any atom is -1.00 e. The Kier molecular flexibility index (Phi) is 7.17. The Balaban J connectivity index is 0.00000243. The number of hydrogen-bond acceptors (Lipinski definition) is 3. The van der Waals surface area contributed by atoms with Gasteiger partial charge in [0, 0.05) is 22.4 Å². The number of halogens is 2. The highest BCUT2D eigenvalue weighted by atomic mass is 79.9. The Bertz CT molecular complexity index is 787. The van der Waals surface area contributed by atoms with Crippen molar-refractivity contribution in [3.8, 4) is 0 Å². The number of cyclic esters (lactones) is 1. The fraction of sp³-hybridized carbons (Fsp3) is 0.421. The number of carbonyl (C=O) groups is 2. The number of benzene rings is 1. The smallest absolute Gasteiger partial charge is 0.309 e. The van der Waals surface area contributed by atoms with Crippen molar-refractivity contribution in [3.05, 3.63) is 52.5 Å². The Morgan fingerprint density at radius 1 is 1.35 bits per heavy atom. The van der Waals surface area contributed by atoms with Gasteiger partial charge in [-0.05, 0) is 18.6 Å². The molecule has 1 aromatic carbocycles. The number of nitrogens with zero attached hydrogens (tertiary/aromatic N) is 2. The monoisotopic (exact) mass is 484 g/mol. The van der Waals surface area contributed by atoms with E-state index in [4.69, 9.17) is 4.74 Å². The van der Waals surface area contributed by atoms with Crippen molar-refractivity contribution >= 4 is 27.7 Å². The van der Waals surface area contributed by atoms with Crippen molar-refractivity contribution in [2.45, 2.75) is 26.3 Å². The average Bonchev–Trinajstić information content (AvgIpc) is 3.10. The largest absolute Gasteiger partial charge is 1.00 e. The highest BCUT2D eigenvalue weighted by Gasteiger charge is 2.36. The molecule has 0 amide bonds. The quantitative estimate of drug-likeness (QED) is 0.321. The number of aromatic nitrogens is 2. The number of ether oxygens (including phenoxy) is 1. The third kappa shape index (κ3) is 4.62. The summed E-state index contributed by atoms with van der Waals surface area (Å²) in [6.07, 6.45) is 5.49. The molecular formula is C19H22Br2N2O3. The second-order valence-corrected chi connectivity index (χ2v) is 7.47. The number of ketones is 1. The minimum atomic E-state index is -0.0833. The van der Waals surface area contributed by atoms with Gasteiger partial charge in [-0.2, -0.15) is 0 Å². The van der Waals surface area contributed by atoms with Crippen LogP contribution in [-0.4, -0.2) is 22.9 Å². The maximum absolute atomic E-state index is 12.4. The summed E-state index contributed by atoms with van der Waals surface area (Å²) < 4.78 is 10.1. The van der Waals surface area contributed by atoms with Gasteiger partial charge in [-0.1, -0.05) is 35.0 Å². The van der Waals surface area contributed by atoms with Crippen LogP contribution in [0.1, 0.15) is 29.4 Å². The Morgan fingerprint density at radius 3 is 2.69 bits per heavy atom. The van der Waals surface area contributed by atoms with Crippen molar-refractivity contribution in [2.75, 3.05) is 6.61 Å². The van der Waals surface area contributed by atoms with Gasteiger partial charge in [-0.25, -0.2) is 9.13 Å². The molecule has 1 aliphatic rings. The number of Topliss-reactive ketones (excluding diaryl/α,β-unsaturated/α-hetero) is 1. The number of esters is 1. The van der Waals surface area contributed by atoms with Crippen molar-refractivity contribution in [3.63, 3.8) is 0 Å². The third-order valence-electron chi connectivity index (χ3n) is 4.80. The van der Waals surface area contributed by atoms with E-state index in [1.807, 2.05) is 59.9 Å². The fourth-order valence-corrected chi connectivity index (χ4v) is 3.63. The van der Waals surface area contributed by atoms with Gasteiger partial charge in [0.1, 0.15) is 11.9 Å². The predicted molar refractivity (Wildman–Crippen MR) is 96.0 cm³/mol. The summed E-state index contributed by atoms with van der Waals surface area (Å²) in [5.74, 6) is 0.176. The SMILES string of the molecule is CCC1C(=O)OCC1Cc1c[n+](CC(=O)c2ccc(Br)cc2)cn1C.[Br-]. The summed E-state index contributed by atoms with van der Waals surface area (Å²) in [5.41, 5.74) is 1.80. The molecule has 1 aromatic heterocycles. The van der Waals surface area contributed by atoms with Crippen molar-refractivity contribution in [1.82, 2.24) is 4.57 Å². The molecule has 1 aliphatic heterocycles. The fourth-order valence-electron chi connectivity index (χ4n) is 3.36. The molecule has 0 spiro atoms. The molecule has 0 bridgehead atoms. The third-order valence-corrected chi connectivity index (χ3v) is 5.33. The molecule has 2 aromatic rings. The normalized spacial score (nSPS) is 19.1. The van der Waals surface area contributed by atoms with E-state index in [-0.39, 0.29) is 40.6 Å². The first-order chi connectivity index (χ1) is 12.0. The van der Waals surface area contributed by atoms with Crippen LogP contribution in [0.2, 0.25) is 0 Å². The molecular weight excluding hydrogens is 464 g/mol. The van der Waals surface area contributed by atoms with Gasteiger partial charge in [-0.15, -0.1) is 0 Å². The lowest BCUT2D eigenvalue weighted by Crippen LogP contribution is -3.00. The first-order valence-corrected chi connectivity index (χ1v) is 9.27. The topological polar surface area (TPSA) is 52.2 Å². The number of rotatable bonds is 6. The lowest BCUT2D eigenvalue weighted by Gasteiger charge is -2.10. The zero-order chi connectivity index (χ0) is 18.0. The summed E-state index contributed by atoms with van der Waals surface area (Å²) in [5, 5.41) is 0. The van der Waals surface area contributed by atoms with Crippen LogP contribution in [0.3, 0.4) is 0 Å². The average molecular weight is 486 g/mol. The van der Waals surface area contributed by atoms with Gasteiger partial charge in [-0.3, -0.25) is 9.59 Å². The molecule has 1 fully saturated rings. The lowest BCUT2D eigenvalue weighted by molar-refractivity contribution is -0.682. The van der Waals surface area contributed by atoms with Gasteiger partial charge in [0.15, 0.2) is 6.54 Å². The maximum Gasteiger partial charge on any atom is 0.309 e. The Labute approximate surface area is 172 Å². The van der Waals surface area contributed by atoms with Crippen LogP contribution in [0.4, 0.5) is 0 Å². The molecule has 1 saturated heterocycles. The van der Waals surface area contributed by atoms with Crippen molar-refractivity contribution in [1.29, 1.82) is 0 Å². The lowest BCUT2D eigenvalue weighted by atomic mass is 9.89. The second-order valence-electron chi connectivity index (χ2n) is 6.56. The van der Waals surface area contributed by atoms with E-state index >= 15 is 0 Å². The van der Waals surface area contributed by atoms with Gasteiger partial charge in [0.05, 0.1) is 19.6 Å². The van der Waals surface area contributed by atoms with Gasteiger partial charge < -0.3 is 21.7 Å². The summed E-state index contributed by atoms with van der Waals surface area (Å²) in [7, 11) is 1.97. The van der Waals surface area contributed by atoms with Crippen molar-refractivity contribution < 1.29 is 35.9 Å². The Morgan fingerprint density at radius 2 is 2.04 bits per heavy atom. The molecule has 5 nitrogen and oxygen atoms in total. The van der Waals surface area contributed by atoms with E-state index in [9.17, 15) is 9.59 Å². The van der Waals surface area contributed by atoms with Gasteiger partial charge in [0.2, 0.25) is 12.1 Å². The van der Waals surface area contributed by atoms with Gasteiger partial charge >= 0.3 is 5.97 Å². The van der Waals surface area contributed by atoms with Crippen LogP contribution < -0.4 is 21.5 Å². The molecule has 26 heavy (non-hydrogen) atoms. The molecule has 140 valence electrons. The van der Waals surface area contributed by atoms with E-state index in [1.54, 1.807) is 0 Å². The first kappa shape index (κ1) is 20.8. The molecule has 2 unspecified atom stereocenters. The molecule has 0 N–H and O–H groups in total. The Hall–Kier alpha value is -1.47. The summed E-state index contributed by atoms with van der Waals surface area (Å²) in [4.78, 5) is 24.2. The van der Waals surface area contributed by atoms with E-state index in [0.717, 1.165) is 23.0 Å². The molecule has 2 atom stereocenters. The van der Waals surface area contributed by atoms with E-state index in [1.165, 1.54) is 0 Å².